The minimum absolute atomic E-state index is 0.448. The second kappa shape index (κ2) is 5.70. The zero-order chi connectivity index (χ0) is 14.7. The van der Waals surface area contributed by atoms with Crippen molar-refractivity contribution >= 4 is 5.82 Å². The second-order valence-electron chi connectivity index (χ2n) is 4.50. The van der Waals surface area contributed by atoms with E-state index in [0.29, 0.717) is 35.6 Å². The molecule has 1 aromatic heterocycles. The highest BCUT2D eigenvalue weighted by Crippen LogP contribution is 2.17. The third-order valence-electron chi connectivity index (χ3n) is 2.96. The SMILES string of the molecule is Cc1nn(C)c(NCCc2cc(F)cc(F)c2)c1C#N. The predicted molar refractivity (Wildman–Crippen MR) is 71.2 cm³/mol. The van der Waals surface area contributed by atoms with Crippen LogP contribution in [0, 0.1) is 29.9 Å². The van der Waals surface area contributed by atoms with Crippen molar-refractivity contribution in [2.24, 2.45) is 7.05 Å². The fourth-order valence-corrected chi connectivity index (χ4v) is 2.08. The Morgan fingerprint density at radius 2 is 1.95 bits per heavy atom. The van der Waals surface area contributed by atoms with Crippen LogP contribution in [0.5, 0.6) is 0 Å². The zero-order valence-electron chi connectivity index (χ0n) is 11.2. The summed E-state index contributed by atoms with van der Waals surface area (Å²) in [6, 6.07) is 5.52. The maximum atomic E-state index is 13.0. The Labute approximate surface area is 115 Å². The van der Waals surface area contributed by atoms with Crippen molar-refractivity contribution in [3.63, 3.8) is 0 Å². The predicted octanol–water partition coefficient (Wildman–Crippen LogP) is 2.53. The van der Waals surface area contributed by atoms with E-state index in [0.717, 1.165) is 6.07 Å². The number of hydrogen-bond acceptors (Lipinski definition) is 3. The van der Waals surface area contributed by atoms with Gasteiger partial charge in [-0.15, -0.1) is 0 Å². The Morgan fingerprint density at radius 3 is 2.55 bits per heavy atom. The highest BCUT2D eigenvalue weighted by Gasteiger charge is 2.12. The molecule has 0 bridgehead atoms. The molecule has 4 nitrogen and oxygen atoms in total. The Balaban J connectivity index is 2.05. The number of nitriles is 1. The first-order chi connectivity index (χ1) is 9.51. The third-order valence-corrected chi connectivity index (χ3v) is 2.96. The fourth-order valence-electron chi connectivity index (χ4n) is 2.08. The van der Waals surface area contributed by atoms with Crippen molar-refractivity contribution in [2.45, 2.75) is 13.3 Å². The van der Waals surface area contributed by atoms with Crippen LogP contribution in [0.15, 0.2) is 18.2 Å². The zero-order valence-corrected chi connectivity index (χ0v) is 11.2. The molecule has 2 aromatic rings. The van der Waals surface area contributed by atoms with Crippen molar-refractivity contribution < 1.29 is 8.78 Å². The van der Waals surface area contributed by atoms with Crippen molar-refractivity contribution in [3.05, 3.63) is 46.7 Å². The molecule has 0 saturated carbocycles. The molecule has 0 atom stereocenters. The van der Waals surface area contributed by atoms with Crippen LogP contribution in [-0.4, -0.2) is 16.3 Å². The summed E-state index contributed by atoms with van der Waals surface area (Å²) in [5.74, 6) is -0.565. The van der Waals surface area contributed by atoms with Crippen LogP contribution < -0.4 is 5.32 Å². The molecule has 0 aliphatic rings. The molecule has 1 heterocycles. The molecule has 104 valence electrons. The van der Waals surface area contributed by atoms with Crippen LogP contribution in [0.2, 0.25) is 0 Å². The van der Waals surface area contributed by atoms with E-state index in [1.807, 2.05) is 0 Å². The van der Waals surface area contributed by atoms with Gasteiger partial charge in [-0.1, -0.05) is 0 Å². The van der Waals surface area contributed by atoms with Crippen LogP contribution in [-0.2, 0) is 13.5 Å². The maximum absolute atomic E-state index is 13.0. The van der Waals surface area contributed by atoms with Crippen LogP contribution in [0.4, 0.5) is 14.6 Å². The number of nitrogens with zero attached hydrogens (tertiary/aromatic N) is 3. The first-order valence-corrected chi connectivity index (χ1v) is 6.14. The van der Waals surface area contributed by atoms with Gasteiger partial charge in [-0.25, -0.2) is 8.78 Å². The van der Waals surface area contributed by atoms with Gasteiger partial charge >= 0.3 is 0 Å². The number of anilines is 1. The fraction of sp³-hybridized carbons (Fsp3) is 0.286. The smallest absolute Gasteiger partial charge is 0.142 e. The number of rotatable bonds is 4. The van der Waals surface area contributed by atoms with Gasteiger partial charge in [-0.05, 0) is 31.0 Å². The summed E-state index contributed by atoms with van der Waals surface area (Å²) in [7, 11) is 1.73. The van der Waals surface area contributed by atoms with Crippen LogP contribution in [0.25, 0.3) is 0 Å². The monoisotopic (exact) mass is 276 g/mol. The quantitative estimate of drug-likeness (QED) is 0.933. The third kappa shape index (κ3) is 2.94. The second-order valence-corrected chi connectivity index (χ2v) is 4.50. The van der Waals surface area contributed by atoms with Gasteiger partial charge in [0.05, 0.1) is 5.69 Å². The topological polar surface area (TPSA) is 53.6 Å². The molecule has 0 fully saturated rings. The molecule has 0 unspecified atom stereocenters. The number of aromatic nitrogens is 2. The molecule has 0 aliphatic heterocycles. The molecule has 6 heteroatoms. The van der Waals surface area contributed by atoms with Crippen molar-refractivity contribution in [1.82, 2.24) is 9.78 Å². The molecular formula is C14H14F2N4. The number of benzene rings is 1. The first kappa shape index (κ1) is 14.0. The lowest BCUT2D eigenvalue weighted by atomic mass is 10.1. The van der Waals surface area contributed by atoms with E-state index in [2.05, 4.69) is 16.5 Å². The normalized spacial score (nSPS) is 10.3. The Hall–Kier alpha value is -2.42. The van der Waals surface area contributed by atoms with Crippen LogP contribution >= 0.6 is 0 Å². The van der Waals surface area contributed by atoms with Gasteiger partial charge in [0.2, 0.25) is 0 Å². The van der Waals surface area contributed by atoms with Crippen molar-refractivity contribution in [3.8, 4) is 6.07 Å². The molecule has 0 radical (unpaired) electrons. The van der Waals surface area contributed by atoms with Gasteiger partial charge in [-0.3, -0.25) is 4.68 Å². The Morgan fingerprint density at radius 1 is 1.30 bits per heavy atom. The summed E-state index contributed by atoms with van der Waals surface area (Å²) in [6.45, 7) is 2.21. The Kier molecular flexibility index (Phi) is 3.99. The van der Waals surface area contributed by atoms with E-state index in [-0.39, 0.29) is 0 Å². The molecule has 0 amide bonds. The van der Waals surface area contributed by atoms with Gasteiger partial charge in [0.15, 0.2) is 0 Å². The van der Waals surface area contributed by atoms with Gasteiger partial charge in [0.1, 0.15) is 29.1 Å². The van der Waals surface area contributed by atoms with Crippen LogP contribution in [0.1, 0.15) is 16.8 Å². The molecule has 2 rings (SSSR count). The van der Waals surface area contributed by atoms with Gasteiger partial charge in [0, 0.05) is 19.7 Å². The lowest BCUT2D eigenvalue weighted by Crippen LogP contribution is -2.10. The largest absolute Gasteiger partial charge is 0.369 e. The van der Waals surface area contributed by atoms with E-state index < -0.39 is 11.6 Å². The summed E-state index contributed by atoms with van der Waals surface area (Å²) in [5, 5.41) is 16.3. The number of aryl methyl sites for hydroxylation is 2. The minimum Gasteiger partial charge on any atom is -0.369 e. The lowest BCUT2D eigenvalue weighted by Gasteiger charge is -2.07. The average molecular weight is 276 g/mol. The van der Waals surface area contributed by atoms with E-state index in [1.165, 1.54) is 12.1 Å². The molecule has 20 heavy (non-hydrogen) atoms. The standard InChI is InChI=1S/C14H14F2N4/c1-9-13(8-17)14(20(2)19-9)18-4-3-10-5-11(15)7-12(16)6-10/h5-7,18H,3-4H2,1-2H3. The summed E-state index contributed by atoms with van der Waals surface area (Å²) < 4.78 is 27.7. The minimum atomic E-state index is -0.589. The van der Waals surface area contributed by atoms with E-state index in [1.54, 1.807) is 18.7 Å². The number of halogens is 2. The highest BCUT2D eigenvalue weighted by atomic mass is 19.1. The van der Waals surface area contributed by atoms with Gasteiger partial charge in [-0.2, -0.15) is 10.4 Å². The highest BCUT2D eigenvalue weighted by molar-refractivity contribution is 5.55. The van der Waals surface area contributed by atoms with Gasteiger partial charge < -0.3 is 5.32 Å². The van der Waals surface area contributed by atoms with Crippen molar-refractivity contribution in [2.75, 3.05) is 11.9 Å². The summed E-state index contributed by atoms with van der Waals surface area (Å²) >= 11 is 0. The summed E-state index contributed by atoms with van der Waals surface area (Å²) in [5.41, 5.74) is 1.69. The molecule has 1 N–H and O–H groups in total. The number of hydrogen-bond donors (Lipinski definition) is 1. The van der Waals surface area contributed by atoms with E-state index >= 15 is 0 Å². The molecule has 0 aliphatic carbocycles. The summed E-state index contributed by atoms with van der Waals surface area (Å²) in [4.78, 5) is 0. The summed E-state index contributed by atoms with van der Waals surface area (Å²) in [6.07, 6.45) is 0.448. The molecular weight excluding hydrogens is 262 g/mol. The maximum Gasteiger partial charge on any atom is 0.142 e. The molecule has 1 aromatic carbocycles. The number of nitrogens with one attached hydrogen (secondary N) is 1. The van der Waals surface area contributed by atoms with E-state index in [9.17, 15) is 8.78 Å². The first-order valence-electron chi connectivity index (χ1n) is 6.14. The average Bonchev–Trinajstić information content (AvgIpc) is 2.62. The van der Waals surface area contributed by atoms with Crippen molar-refractivity contribution in [1.29, 1.82) is 5.26 Å². The van der Waals surface area contributed by atoms with Crippen LogP contribution in [0.3, 0.4) is 0 Å². The van der Waals surface area contributed by atoms with E-state index in [4.69, 9.17) is 5.26 Å². The van der Waals surface area contributed by atoms with Gasteiger partial charge in [0.25, 0.3) is 0 Å². The Bertz CT molecular complexity index is 650. The molecule has 0 saturated heterocycles. The molecule has 0 spiro atoms. The lowest BCUT2D eigenvalue weighted by molar-refractivity contribution is 0.580.